The van der Waals surface area contributed by atoms with E-state index in [4.69, 9.17) is 10.5 Å². The van der Waals surface area contributed by atoms with E-state index in [1.165, 1.54) is 11.3 Å². The minimum atomic E-state index is -0.702. The van der Waals surface area contributed by atoms with Crippen LogP contribution in [0.3, 0.4) is 0 Å². The summed E-state index contributed by atoms with van der Waals surface area (Å²) in [6, 6.07) is 1.13. The van der Waals surface area contributed by atoms with Crippen LogP contribution in [-0.4, -0.2) is 11.6 Å². The number of hydrogen-bond acceptors (Lipinski definition) is 4. The third kappa shape index (κ3) is 3.93. The maximum Gasteiger partial charge on any atom is 0.328 e. The third-order valence-corrected chi connectivity index (χ3v) is 3.13. The van der Waals surface area contributed by atoms with Crippen molar-refractivity contribution in [3.8, 4) is 0 Å². The zero-order valence-electron chi connectivity index (χ0n) is 8.91. The summed E-state index contributed by atoms with van der Waals surface area (Å²) in [5.74, 6) is -0.396. The van der Waals surface area contributed by atoms with Crippen LogP contribution in [0.25, 0.3) is 0 Å². The lowest BCUT2D eigenvalue weighted by atomic mass is 10.1. The molecule has 84 valence electrons. The van der Waals surface area contributed by atoms with Gasteiger partial charge in [-0.3, -0.25) is 0 Å². The summed E-state index contributed by atoms with van der Waals surface area (Å²) in [5.41, 5.74) is 6.05. The van der Waals surface area contributed by atoms with Crippen LogP contribution in [0, 0.1) is 0 Å². The van der Waals surface area contributed by atoms with Crippen LogP contribution in [0.1, 0.15) is 32.4 Å². The minimum absolute atomic E-state index is 0.396. The van der Waals surface area contributed by atoms with Crippen LogP contribution in [0.4, 0.5) is 0 Å². The monoisotopic (exact) mass is 291 g/mol. The molecule has 2 N–H and O–H groups in total. The highest BCUT2D eigenvalue weighted by Gasteiger charge is 2.23. The van der Waals surface area contributed by atoms with Crippen molar-refractivity contribution in [1.29, 1.82) is 0 Å². The van der Waals surface area contributed by atoms with Gasteiger partial charge in [0.1, 0.15) is 11.6 Å². The van der Waals surface area contributed by atoms with Crippen LogP contribution in [-0.2, 0) is 9.53 Å². The van der Waals surface area contributed by atoms with E-state index in [1.54, 1.807) is 0 Å². The molecule has 0 saturated carbocycles. The van der Waals surface area contributed by atoms with E-state index in [-0.39, 0.29) is 0 Å². The summed E-state index contributed by atoms with van der Waals surface area (Å²) in [6.07, 6.45) is 0. The van der Waals surface area contributed by atoms with E-state index in [2.05, 4.69) is 15.9 Å². The fourth-order valence-electron chi connectivity index (χ4n) is 0.988. The van der Waals surface area contributed by atoms with Gasteiger partial charge in [0.15, 0.2) is 0 Å². The lowest BCUT2D eigenvalue weighted by Crippen LogP contribution is -2.31. The Morgan fingerprint density at radius 3 is 2.60 bits per heavy atom. The summed E-state index contributed by atoms with van der Waals surface area (Å²) in [5, 5.41) is 1.85. The Hall–Kier alpha value is -0.390. The molecule has 1 rings (SSSR count). The molecule has 0 saturated heterocycles. The van der Waals surface area contributed by atoms with Gasteiger partial charge in [-0.1, -0.05) is 0 Å². The van der Waals surface area contributed by atoms with Crippen molar-refractivity contribution in [2.75, 3.05) is 0 Å². The number of ether oxygens (including phenoxy) is 1. The maximum atomic E-state index is 11.6. The van der Waals surface area contributed by atoms with Gasteiger partial charge in [0.2, 0.25) is 0 Å². The topological polar surface area (TPSA) is 52.3 Å². The highest BCUT2D eigenvalue weighted by molar-refractivity contribution is 9.11. The normalized spacial score (nSPS) is 13.7. The third-order valence-electron chi connectivity index (χ3n) is 1.61. The number of thiophene rings is 1. The Bertz CT molecular complexity index is 357. The second-order valence-corrected chi connectivity index (χ2v) is 6.49. The molecule has 0 bridgehead atoms. The summed E-state index contributed by atoms with van der Waals surface area (Å²) < 4.78 is 6.14. The van der Waals surface area contributed by atoms with Crippen molar-refractivity contribution >= 4 is 33.2 Å². The number of hydrogen-bond donors (Lipinski definition) is 1. The number of carbonyl (C=O) groups excluding carboxylic acids is 1. The zero-order chi connectivity index (χ0) is 11.6. The predicted octanol–water partition coefficient (Wildman–Crippen LogP) is 2.85. The van der Waals surface area contributed by atoms with Gasteiger partial charge in [0, 0.05) is 0 Å². The molecule has 1 heterocycles. The summed E-state index contributed by atoms with van der Waals surface area (Å²) >= 11 is 4.82. The Balaban J connectivity index is 2.69. The van der Waals surface area contributed by atoms with Crippen molar-refractivity contribution in [3.05, 3.63) is 20.8 Å². The average molecular weight is 292 g/mol. The second kappa shape index (κ2) is 4.63. The van der Waals surface area contributed by atoms with Gasteiger partial charge in [0.25, 0.3) is 0 Å². The molecule has 0 radical (unpaired) electrons. The molecule has 0 aromatic carbocycles. The van der Waals surface area contributed by atoms with E-state index in [9.17, 15) is 4.79 Å². The van der Waals surface area contributed by atoms with Gasteiger partial charge < -0.3 is 10.5 Å². The first-order valence-corrected chi connectivity index (χ1v) is 6.19. The van der Waals surface area contributed by atoms with Gasteiger partial charge in [-0.05, 0) is 53.7 Å². The van der Waals surface area contributed by atoms with E-state index < -0.39 is 17.6 Å². The van der Waals surface area contributed by atoms with Crippen molar-refractivity contribution in [2.24, 2.45) is 5.73 Å². The second-order valence-electron chi connectivity index (χ2n) is 4.20. The minimum Gasteiger partial charge on any atom is -0.459 e. The molecule has 5 heteroatoms. The molecule has 0 fully saturated rings. The molecule has 3 nitrogen and oxygen atoms in total. The summed E-state index contributed by atoms with van der Waals surface area (Å²) in [6.45, 7) is 5.46. The van der Waals surface area contributed by atoms with Gasteiger partial charge in [-0.25, -0.2) is 4.79 Å². The largest absolute Gasteiger partial charge is 0.459 e. The average Bonchev–Trinajstić information content (AvgIpc) is 2.47. The van der Waals surface area contributed by atoms with Crippen molar-refractivity contribution in [1.82, 2.24) is 0 Å². The van der Waals surface area contributed by atoms with Crippen molar-refractivity contribution in [3.63, 3.8) is 0 Å². The number of rotatable bonds is 2. The molecular weight excluding hydrogens is 278 g/mol. The van der Waals surface area contributed by atoms with Gasteiger partial charge in [0.05, 0.1) is 3.79 Å². The first-order valence-electron chi connectivity index (χ1n) is 4.52. The quantitative estimate of drug-likeness (QED) is 0.853. The smallest absolute Gasteiger partial charge is 0.328 e. The van der Waals surface area contributed by atoms with Crippen molar-refractivity contribution in [2.45, 2.75) is 32.4 Å². The molecule has 0 amide bonds. The highest BCUT2D eigenvalue weighted by atomic mass is 79.9. The first kappa shape index (κ1) is 12.7. The first-order chi connectivity index (χ1) is 6.79. The Morgan fingerprint density at radius 1 is 1.60 bits per heavy atom. The summed E-state index contributed by atoms with van der Waals surface area (Å²) in [4.78, 5) is 11.6. The lowest BCUT2D eigenvalue weighted by Gasteiger charge is -2.21. The number of halogens is 1. The van der Waals surface area contributed by atoms with E-state index in [1.807, 2.05) is 32.2 Å². The number of carbonyl (C=O) groups is 1. The van der Waals surface area contributed by atoms with Gasteiger partial charge in [-0.15, -0.1) is 11.3 Å². The molecule has 1 unspecified atom stereocenters. The van der Waals surface area contributed by atoms with Crippen LogP contribution >= 0.6 is 27.3 Å². The van der Waals surface area contributed by atoms with Gasteiger partial charge >= 0.3 is 5.97 Å². The van der Waals surface area contributed by atoms with Gasteiger partial charge in [-0.2, -0.15) is 0 Å². The van der Waals surface area contributed by atoms with Crippen LogP contribution in [0.5, 0.6) is 0 Å². The molecule has 0 spiro atoms. The molecular formula is C10H14BrNO2S. The Morgan fingerprint density at radius 2 is 2.20 bits per heavy atom. The maximum absolute atomic E-state index is 11.6. The van der Waals surface area contributed by atoms with E-state index in [0.29, 0.717) is 0 Å². The standard InChI is InChI=1S/C10H14BrNO2S/c1-10(2,3)14-9(13)8(12)6-4-7(11)15-5-6/h4-5,8H,12H2,1-3H3. The molecule has 1 atom stereocenters. The lowest BCUT2D eigenvalue weighted by molar-refractivity contribution is -0.156. The molecule has 15 heavy (non-hydrogen) atoms. The number of esters is 1. The molecule has 0 aliphatic carbocycles. The molecule has 0 aliphatic heterocycles. The van der Waals surface area contributed by atoms with E-state index in [0.717, 1.165) is 9.35 Å². The highest BCUT2D eigenvalue weighted by Crippen LogP contribution is 2.25. The summed E-state index contributed by atoms with van der Waals surface area (Å²) in [7, 11) is 0. The fraction of sp³-hybridized carbons (Fsp3) is 0.500. The fourth-order valence-corrected chi connectivity index (χ4v) is 2.20. The van der Waals surface area contributed by atoms with E-state index >= 15 is 0 Å². The zero-order valence-corrected chi connectivity index (χ0v) is 11.3. The molecule has 1 aromatic heterocycles. The van der Waals surface area contributed by atoms with Crippen molar-refractivity contribution < 1.29 is 9.53 Å². The molecule has 0 aliphatic rings. The van der Waals surface area contributed by atoms with Crippen LogP contribution in [0.2, 0.25) is 0 Å². The number of nitrogens with two attached hydrogens (primary N) is 1. The Kier molecular flexibility index (Phi) is 3.92. The SMILES string of the molecule is CC(C)(C)OC(=O)C(N)c1csc(Br)c1. The Labute approximate surface area is 102 Å². The predicted molar refractivity (Wildman–Crippen MR) is 64.8 cm³/mol. The molecule has 1 aromatic rings. The van der Waals surface area contributed by atoms with Crippen LogP contribution in [0.15, 0.2) is 15.2 Å². The van der Waals surface area contributed by atoms with Crippen LogP contribution < -0.4 is 5.73 Å².